The second-order valence-corrected chi connectivity index (χ2v) is 16.2. The van der Waals surface area contributed by atoms with Crippen LogP contribution in [0.1, 0.15) is 29.0 Å². The molecule has 2 heterocycles. The van der Waals surface area contributed by atoms with Gasteiger partial charge in [0.15, 0.2) is 17.5 Å². The molecule has 3 nitrogen and oxygen atoms in total. The third-order valence-electron chi connectivity index (χ3n) is 11.3. The Morgan fingerprint density at radius 1 is 0.390 bits per heavy atom. The molecular formula is C55H41N3S. The molecule has 0 amide bonds. The van der Waals surface area contributed by atoms with Crippen molar-refractivity contribution in [3.63, 3.8) is 0 Å². The van der Waals surface area contributed by atoms with Crippen molar-refractivity contribution in [2.45, 2.75) is 25.2 Å². The Labute approximate surface area is 349 Å². The molecule has 0 fully saturated rings. The van der Waals surface area contributed by atoms with E-state index in [1.165, 1.54) is 59.1 Å². The van der Waals surface area contributed by atoms with Gasteiger partial charge < -0.3 is 0 Å². The molecule has 282 valence electrons. The van der Waals surface area contributed by atoms with E-state index >= 15 is 0 Å². The third-order valence-corrected chi connectivity index (χ3v) is 12.4. The molecule has 0 aliphatic rings. The van der Waals surface area contributed by atoms with Crippen molar-refractivity contribution in [2.24, 2.45) is 0 Å². The zero-order valence-electron chi connectivity index (χ0n) is 32.6. The molecule has 0 aliphatic heterocycles. The molecule has 4 heteroatoms. The molecule has 0 aliphatic carbocycles. The van der Waals surface area contributed by atoms with Gasteiger partial charge in [-0.2, -0.15) is 0 Å². The first-order chi connectivity index (χ1) is 29.2. The van der Waals surface area contributed by atoms with Crippen molar-refractivity contribution in [1.82, 2.24) is 15.0 Å². The number of aromatic nitrogens is 3. The average Bonchev–Trinajstić information content (AvgIpc) is 3.70. The fraction of sp³-hybridized carbons (Fsp3) is 0.0727. The number of hydrogen-bond donors (Lipinski definition) is 0. The second-order valence-electron chi connectivity index (χ2n) is 15.1. The first-order valence-electron chi connectivity index (χ1n) is 20.3. The molecule has 0 radical (unpaired) electrons. The molecule has 1 atom stereocenters. The monoisotopic (exact) mass is 775 g/mol. The Kier molecular flexibility index (Phi) is 10.1. The normalized spacial score (nSPS) is 11.9. The summed E-state index contributed by atoms with van der Waals surface area (Å²) in [6, 6.07) is 73.6. The van der Waals surface area contributed by atoms with Crippen LogP contribution in [0, 0.1) is 0 Å². The number of nitrogens with zero attached hydrogens (tertiary/aromatic N) is 3. The summed E-state index contributed by atoms with van der Waals surface area (Å²) in [6.07, 6.45) is 2.85. The highest BCUT2D eigenvalue weighted by Gasteiger charge is 2.21. The van der Waals surface area contributed by atoms with Gasteiger partial charge in [0.2, 0.25) is 0 Å². The van der Waals surface area contributed by atoms with E-state index in [9.17, 15) is 0 Å². The van der Waals surface area contributed by atoms with Gasteiger partial charge >= 0.3 is 0 Å². The predicted molar refractivity (Wildman–Crippen MR) is 248 cm³/mol. The number of fused-ring (bicyclic) bond motifs is 3. The molecule has 0 spiro atoms. The van der Waals surface area contributed by atoms with Crippen molar-refractivity contribution in [3.8, 4) is 56.4 Å². The maximum Gasteiger partial charge on any atom is 0.164 e. The van der Waals surface area contributed by atoms with Crippen molar-refractivity contribution in [3.05, 3.63) is 223 Å². The number of hydrogen-bond acceptors (Lipinski definition) is 4. The Hall–Kier alpha value is -7.01. The van der Waals surface area contributed by atoms with Crippen LogP contribution < -0.4 is 0 Å². The summed E-state index contributed by atoms with van der Waals surface area (Å²) in [5, 5.41) is 2.63. The van der Waals surface area contributed by atoms with Crippen LogP contribution in [0.5, 0.6) is 0 Å². The maximum atomic E-state index is 5.16. The van der Waals surface area contributed by atoms with E-state index in [0.29, 0.717) is 17.5 Å². The minimum absolute atomic E-state index is 0.267. The minimum atomic E-state index is 0.267. The number of benzene rings is 8. The summed E-state index contributed by atoms with van der Waals surface area (Å²) in [5.74, 6) is 2.29. The van der Waals surface area contributed by atoms with Crippen molar-refractivity contribution in [1.29, 1.82) is 0 Å². The standard InChI is InChI=1S/C55H41N3S/c1-5-15-39(16-6-1)41-28-25-38(26-29-41)27-30-46(43-33-31-42(32-34-43)40-17-7-2-8-18-40)35-47-36-48(37-51-52(47)49-23-13-14-24-50(49)59-51)55-57-53(44-19-9-3-10-20-44)56-54(58-55)45-21-11-4-12-22-45/h1-26,28-29,31-34,36-37,46H,27,30,35H2. The van der Waals surface area contributed by atoms with Gasteiger partial charge in [0, 0.05) is 36.9 Å². The second kappa shape index (κ2) is 16.5. The largest absolute Gasteiger partial charge is 0.208 e. The topological polar surface area (TPSA) is 38.7 Å². The summed E-state index contributed by atoms with van der Waals surface area (Å²) < 4.78 is 2.53. The summed E-state index contributed by atoms with van der Waals surface area (Å²) >= 11 is 1.85. The number of rotatable bonds is 11. The first-order valence-corrected chi connectivity index (χ1v) is 21.1. The minimum Gasteiger partial charge on any atom is -0.208 e. The lowest BCUT2D eigenvalue weighted by molar-refractivity contribution is 0.623. The average molecular weight is 776 g/mol. The predicted octanol–water partition coefficient (Wildman–Crippen LogP) is 14.5. The molecule has 8 aromatic carbocycles. The Morgan fingerprint density at radius 3 is 1.41 bits per heavy atom. The van der Waals surface area contributed by atoms with E-state index in [0.717, 1.165) is 36.0 Å². The highest BCUT2D eigenvalue weighted by atomic mass is 32.1. The van der Waals surface area contributed by atoms with Gasteiger partial charge in [-0.25, -0.2) is 15.0 Å². The van der Waals surface area contributed by atoms with E-state index in [1.807, 2.05) is 47.7 Å². The lowest BCUT2D eigenvalue weighted by Crippen LogP contribution is -2.06. The lowest BCUT2D eigenvalue weighted by Gasteiger charge is -2.20. The lowest BCUT2D eigenvalue weighted by atomic mass is 9.84. The van der Waals surface area contributed by atoms with Crippen LogP contribution >= 0.6 is 11.3 Å². The quantitative estimate of drug-likeness (QED) is 0.131. The molecule has 0 N–H and O–H groups in total. The van der Waals surface area contributed by atoms with E-state index in [1.54, 1.807) is 0 Å². The summed E-state index contributed by atoms with van der Waals surface area (Å²) in [5.41, 5.74) is 11.9. The fourth-order valence-corrected chi connectivity index (χ4v) is 9.43. The molecule has 59 heavy (non-hydrogen) atoms. The van der Waals surface area contributed by atoms with E-state index in [-0.39, 0.29) is 5.92 Å². The van der Waals surface area contributed by atoms with Crippen LogP contribution in [0.4, 0.5) is 0 Å². The molecule has 0 saturated heterocycles. The third kappa shape index (κ3) is 7.83. The molecular weight excluding hydrogens is 735 g/mol. The van der Waals surface area contributed by atoms with Crippen molar-refractivity contribution in [2.75, 3.05) is 0 Å². The van der Waals surface area contributed by atoms with E-state index < -0.39 is 0 Å². The van der Waals surface area contributed by atoms with Gasteiger partial charge in [0.1, 0.15) is 0 Å². The Bertz CT molecular complexity index is 2920. The highest BCUT2D eigenvalue weighted by Crippen LogP contribution is 2.41. The van der Waals surface area contributed by atoms with Crippen LogP contribution in [-0.2, 0) is 12.8 Å². The zero-order valence-corrected chi connectivity index (χ0v) is 33.4. The first kappa shape index (κ1) is 36.3. The van der Waals surface area contributed by atoms with Crippen molar-refractivity contribution >= 4 is 31.5 Å². The van der Waals surface area contributed by atoms with E-state index in [4.69, 9.17) is 15.0 Å². The molecule has 2 aromatic heterocycles. The molecule has 0 saturated carbocycles. The maximum absolute atomic E-state index is 5.16. The van der Waals surface area contributed by atoms with Gasteiger partial charge in [0.05, 0.1) is 0 Å². The van der Waals surface area contributed by atoms with Gasteiger partial charge in [-0.05, 0) is 82.3 Å². The summed E-state index contributed by atoms with van der Waals surface area (Å²) in [7, 11) is 0. The summed E-state index contributed by atoms with van der Waals surface area (Å²) in [4.78, 5) is 15.3. The van der Waals surface area contributed by atoms with Gasteiger partial charge in [-0.3, -0.25) is 0 Å². The molecule has 1 unspecified atom stereocenters. The summed E-state index contributed by atoms with van der Waals surface area (Å²) in [6.45, 7) is 0. The van der Waals surface area contributed by atoms with Crippen LogP contribution in [-0.4, -0.2) is 15.0 Å². The van der Waals surface area contributed by atoms with Crippen LogP contribution in [0.25, 0.3) is 76.6 Å². The molecule has 10 aromatic rings. The number of aryl methyl sites for hydroxylation is 1. The molecule has 0 bridgehead atoms. The van der Waals surface area contributed by atoms with Gasteiger partial charge in [-0.15, -0.1) is 11.3 Å². The highest BCUT2D eigenvalue weighted by molar-refractivity contribution is 7.25. The van der Waals surface area contributed by atoms with Crippen LogP contribution in [0.15, 0.2) is 206 Å². The Balaban J connectivity index is 1.08. The zero-order chi connectivity index (χ0) is 39.4. The van der Waals surface area contributed by atoms with E-state index in [2.05, 4.69) is 170 Å². The molecule has 10 rings (SSSR count). The fourth-order valence-electron chi connectivity index (χ4n) is 8.23. The smallest absolute Gasteiger partial charge is 0.164 e. The SMILES string of the molecule is c1ccc(-c2ccc(CCC(Cc3cc(-c4nc(-c5ccccc5)nc(-c5ccccc5)n4)cc4sc5ccccc5c34)c3ccc(-c4ccccc4)cc3)cc2)cc1. The Morgan fingerprint density at radius 2 is 0.847 bits per heavy atom. The van der Waals surface area contributed by atoms with Crippen molar-refractivity contribution < 1.29 is 0 Å². The van der Waals surface area contributed by atoms with Gasteiger partial charge in [-0.1, -0.05) is 188 Å². The number of thiophene rings is 1. The van der Waals surface area contributed by atoms with Crippen LogP contribution in [0.2, 0.25) is 0 Å². The van der Waals surface area contributed by atoms with Gasteiger partial charge in [0.25, 0.3) is 0 Å². The van der Waals surface area contributed by atoms with Crippen LogP contribution in [0.3, 0.4) is 0 Å².